The van der Waals surface area contributed by atoms with Crippen LogP contribution in [0.3, 0.4) is 0 Å². The Labute approximate surface area is 150 Å². The molecule has 24 heavy (non-hydrogen) atoms. The summed E-state index contributed by atoms with van der Waals surface area (Å²) in [4.78, 5) is 19.8. The fourth-order valence-corrected chi connectivity index (χ4v) is 3.51. The second kappa shape index (κ2) is 8.41. The molecule has 1 aliphatic heterocycles. The predicted octanol–water partition coefficient (Wildman–Crippen LogP) is 3.14. The van der Waals surface area contributed by atoms with Crippen LogP contribution in [0.15, 0.2) is 30.5 Å². The average molecular weight is 371 g/mol. The number of aromatic nitrogens is 1. The van der Waals surface area contributed by atoms with Gasteiger partial charge in [-0.05, 0) is 44.1 Å². The first-order valence-corrected chi connectivity index (χ1v) is 8.41. The zero-order valence-corrected chi connectivity index (χ0v) is 14.7. The molecule has 130 valence electrons. The number of thiazole rings is 1. The third-order valence-corrected chi connectivity index (χ3v) is 4.81. The third-order valence-electron chi connectivity index (χ3n) is 4.00. The van der Waals surface area contributed by atoms with Crippen LogP contribution >= 0.6 is 23.7 Å². The molecule has 0 aliphatic carbocycles. The Balaban J connectivity index is 0.00000208. The molecule has 1 aromatic carbocycles. The zero-order chi connectivity index (χ0) is 16.2. The number of likely N-dealkylation sites (tertiary alicyclic amines) is 1. The first-order chi connectivity index (χ1) is 11.1. The van der Waals surface area contributed by atoms with Crippen LogP contribution in [0, 0.1) is 11.7 Å². The molecule has 2 heterocycles. The monoisotopic (exact) mass is 370 g/mol. The predicted molar refractivity (Wildman–Crippen MR) is 96.8 cm³/mol. The van der Waals surface area contributed by atoms with Crippen LogP contribution in [0.2, 0.25) is 0 Å². The maximum Gasteiger partial charge on any atom is 0.227 e. The molecule has 1 amide bonds. The van der Waals surface area contributed by atoms with Gasteiger partial charge in [0, 0.05) is 29.2 Å². The quantitative estimate of drug-likeness (QED) is 0.867. The summed E-state index contributed by atoms with van der Waals surface area (Å²) in [6, 6.07) is 5.99. The van der Waals surface area contributed by atoms with Crippen LogP contribution in [-0.2, 0) is 11.3 Å². The van der Waals surface area contributed by atoms with Crippen LogP contribution < -0.4 is 11.1 Å². The summed E-state index contributed by atoms with van der Waals surface area (Å²) >= 11 is 1.50. The Morgan fingerprint density at radius 1 is 1.42 bits per heavy atom. The SMILES string of the molecule is Cl.Nc1ncc(CN2CCC(C(=O)Nc3cccc(F)c3)CC2)s1. The minimum absolute atomic E-state index is 0. The molecule has 0 saturated carbocycles. The molecule has 1 aromatic heterocycles. The number of nitrogens with two attached hydrogens (primary N) is 1. The highest BCUT2D eigenvalue weighted by Gasteiger charge is 2.25. The number of amides is 1. The topological polar surface area (TPSA) is 71.2 Å². The average Bonchev–Trinajstić information content (AvgIpc) is 2.93. The van der Waals surface area contributed by atoms with Gasteiger partial charge in [0.1, 0.15) is 5.82 Å². The van der Waals surface area contributed by atoms with Crippen molar-refractivity contribution in [3.63, 3.8) is 0 Å². The molecule has 1 aliphatic rings. The summed E-state index contributed by atoms with van der Waals surface area (Å²) in [6.45, 7) is 2.55. The molecule has 2 aromatic rings. The third kappa shape index (κ3) is 4.90. The van der Waals surface area contributed by atoms with Gasteiger partial charge in [0.15, 0.2) is 5.13 Å². The lowest BCUT2D eigenvalue weighted by atomic mass is 9.96. The molecular weight excluding hydrogens is 351 g/mol. The maximum atomic E-state index is 13.1. The van der Waals surface area contributed by atoms with Crippen molar-refractivity contribution >= 4 is 40.5 Å². The van der Waals surface area contributed by atoms with Gasteiger partial charge in [-0.3, -0.25) is 9.69 Å². The standard InChI is InChI=1S/C16H19FN4OS.ClH/c17-12-2-1-3-13(8-12)20-15(22)11-4-6-21(7-5-11)10-14-9-19-16(18)23-14;/h1-3,8-9,11H,4-7,10H2,(H2,18,19)(H,20,22);1H. The molecular formula is C16H20ClFN4OS. The highest BCUT2D eigenvalue weighted by atomic mass is 35.5. The molecule has 0 atom stereocenters. The number of nitrogens with one attached hydrogen (secondary N) is 1. The minimum atomic E-state index is -0.346. The van der Waals surface area contributed by atoms with Crippen LogP contribution in [0.1, 0.15) is 17.7 Å². The first-order valence-electron chi connectivity index (χ1n) is 7.59. The number of nitrogen functional groups attached to an aromatic ring is 1. The number of carbonyl (C=O) groups is 1. The van der Waals surface area contributed by atoms with E-state index >= 15 is 0 Å². The Kier molecular flexibility index (Phi) is 6.53. The normalized spacial score (nSPS) is 15.7. The molecule has 3 N–H and O–H groups in total. The summed E-state index contributed by atoms with van der Waals surface area (Å²) < 4.78 is 13.1. The lowest BCUT2D eigenvalue weighted by Gasteiger charge is -2.30. The zero-order valence-electron chi connectivity index (χ0n) is 13.1. The van der Waals surface area contributed by atoms with Gasteiger partial charge in [0.05, 0.1) is 0 Å². The molecule has 0 radical (unpaired) electrons. The summed E-state index contributed by atoms with van der Waals surface area (Å²) in [6.07, 6.45) is 3.41. The summed E-state index contributed by atoms with van der Waals surface area (Å²) in [5, 5.41) is 3.39. The van der Waals surface area contributed by atoms with Crippen molar-refractivity contribution in [1.82, 2.24) is 9.88 Å². The van der Waals surface area contributed by atoms with E-state index in [0.29, 0.717) is 10.8 Å². The molecule has 0 bridgehead atoms. The second-order valence-electron chi connectivity index (χ2n) is 5.71. The van der Waals surface area contributed by atoms with Crippen molar-refractivity contribution in [3.05, 3.63) is 41.2 Å². The van der Waals surface area contributed by atoms with Crippen molar-refractivity contribution in [2.75, 3.05) is 24.1 Å². The van der Waals surface area contributed by atoms with Gasteiger partial charge >= 0.3 is 0 Å². The molecule has 1 fully saturated rings. The molecule has 5 nitrogen and oxygen atoms in total. The van der Waals surface area contributed by atoms with Gasteiger partial charge in [0.2, 0.25) is 5.91 Å². The maximum absolute atomic E-state index is 13.1. The number of halogens is 2. The van der Waals surface area contributed by atoms with E-state index in [1.165, 1.54) is 23.5 Å². The Bertz CT molecular complexity index is 688. The van der Waals surface area contributed by atoms with Crippen molar-refractivity contribution in [2.24, 2.45) is 5.92 Å². The highest BCUT2D eigenvalue weighted by molar-refractivity contribution is 7.15. The fraction of sp³-hybridized carbons (Fsp3) is 0.375. The van der Waals surface area contributed by atoms with Gasteiger partial charge in [-0.2, -0.15) is 0 Å². The number of nitrogens with zero attached hydrogens (tertiary/aromatic N) is 2. The second-order valence-corrected chi connectivity index (χ2v) is 6.86. The number of carbonyl (C=O) groups excluding carboxylic acids is 1. The van der Waals surface area contributed by atoms with Crippen LogP contribution in [0.5, 0.6) is 0 Å². The number of hydrogen-bond donors (Lipinski definition) is 2. The molecule has 8 heteroatoms. The minimum Gasteiger partial charge on any atom is -0.375 e. The lowest BCUT2D eigenvalue weighted by molar-refractivity contribution is -0.121. The summed E-state index contributed by atoms with van der Waals surface area (Å²) in [7, 11) is 0. The van der Waals surface area contributed by atoms with E-state index < -0.39 is 0 Å². The largest absolute Gasteiger partial charge is 0.375 e. The van der Waals surface area contributed by atoms with Gasteiger partial charge in [-0.25, -0.2) is 9.37 Å². The highest BCUT2D eigenvalue weighted by Crippen LogP contribution is 2.23. The number of piperidine rings is 1. The van der Waals surface area contributed by atoms with Crippen molar-refractivity contribution in [1.29, 1.82) is 0 Å². The fourth-order valence-electron chi connectivity index (χ4n) is 2.78. The van der Waals surface area contributed by atoms with Gasteiger partial charge in [0.25, 0.3) is 0 Å². The molecule has 0 spiro atoms. The number of rotatable bonds is 4. The van der Waals surface area contributed by atoms with E-state index in [-0.39, 0.29) is 30.0 Å². The van der Waals surface area contributed by atoms with Crippen molar-refractivity contribution in [3.8, 4) is 0 Å². The first kappa shape index (κ1) is 18.6. The van der Waals surface area contributed by atoms with Crippen LogP contribution in [0.25, 0.3) is 0 Å². The molecule has 0 unspecified atom stereocenters. The Morgan fingerprint density at radius 3 is 2.79 bits per heavy atom. The van der Waals surface area contributed by atoms with E-state index in [4.69, 9.17) is 5.73 Å². The van der Waals surface area contributed by atoms with Gasteiger partial charge in [-0.15, -0.1) is 23.7 Å². The van der Waals surface area contributed by atoms with E-state index in [2.05, 4.69) is 15.2 Å². The van der Waals surface area contributed by atoms with Crippen molar-refractivity contribution in [2.45, 2.75) is 19.4 Å². The van der Waals surface area contributed by atoms with Crippen LogP contribution in [0.4, 0.5) is 15.2 Å². The van der Waals surface area contributed by atoms with Gasteiger partial charge < -0.3 is 11.1 Å². The van der Waals surface area contributed by atoms with E-state index in [9.17, 15) is 9.18 Å². The summed E-state index contributed by atoms with van der Waals surface area (Å²) in [5.74, 6) is -0.403. The Morgan fingerprint density at radius 2 is 2.17 bits per heavy atom. The van der Waals surface area contributed by atoms with E-state index in [1.807, 2.05) is 6.20 Å². The van der Waals surface area contributed by atoms with Crippen LogP contribution in [-0.4, -0.2) is 28.9 Å². The van der Waals surface area contributed by atoms with E-state index in [1.54, 1.807) is 12.1 Å². The number of anilines is 2. The van der Waals surface area contributed by atoms with Crippen molar-refractivity contribution < 1.29 is 9.18 Å². The Hall–Kier alpha value is -1.70. The lowest BCUT2D eigenvalue weighted by Crippen LogP contribution is -2.37. The number of hydrogen-bond acceptors (Lipinski definition) is 5. The molecule has 3 rings (SSSR count). The van der Waals surface area contributed by atoms with Gasteiger partial charge in [-0.1, -0.05) is 6.07 Å². The summed E-state index contributed by atoms with van der Waals surface area (Å²) in [5.41, 5.74) is 6.15. The molecule has 1 saturated heterocycles. The van der Waals surface area contributed by atoms with E-state index in [0.717, 1.165) is 37.4 Å². The smallest absolute Gasteiger partial charge is 0.227 e. The number of benzene rings is 1.